The Morgan fingerprint density at radius 1 is 1.34 bits per heavy atom. The van der Waals surface area contributed by atoms with Gasteiger partial charge in [0.25, 0.3) is 11.8 Å². The quantitative estimate of drug-likeness (QED) is 0.127. The van der Waals surface area contributed by atoms with Gasteiger partial charge in [0.2, 0.25) is 11.5 Å². The number of carboxylic acids is 1. The molecule has 0 bridgehead atoms. The molecule has 5 heterocycles. The van der Waals surface area contributed by atoms with E-state index in [1.54, 1.807) is 6.92 Å². The van der Waals surface area contributed by atoms with Crippen molar-refractivity contribution in [3.05, 3.63) is 60.1 Å². The van der Waals surface area contributed by atoms with Crippen molar-refractivity contribution in [3.8, 4) is 11.1 Å². The van der Waals surface area contributed by atoms with E-state index in [9.17, 15) is 19.5 Å². The fourth-order valence-electron chi connectivity index (χ4n) is 4.14. The first-order valence-corrected chi connectivity index (χ1v) is 13.3. The van der Waals surface area contributed by atoms with Gasteiger partial charge in [-0.3, -0.25) is 14.5 Å². The van der Waals surface area contributed by atoms with Gasteiger partial charge in [-0.2, -0.15) is 9.36 Å². The molecule has 2 atom stereocenters. The number of H-pyrrole nitrogens is 1. The van der Waals surface area contributed by atoms with Gasteiger partial charge < -0.3 is 26.0 Å². The summed E-state index contributed by atoms with van der Waals surface area (Å²) in [5.41, 5.74) is 7.99. The summed E-state index contributed by atoms with van der Waals surface area (Å²) >= 11 is 2.27. The van der Waals surface area contributed by atoms with Crippen LogP contribution in [0, 0.1) is 0 Å². The average Bonchev–Trinajstić information content (AvgIpc) is 3.60. The maximum atomic E-state index is 13.1. The van der Waals surface area contributed by atoms with Gasteiger partial charge in [0.1, 0.15) is 23.7 Å². The Bertz CT molecular complexity index is 1430. The molecular formula is C23H23N8O5S2+. The summed E-state index contributed by atoms with van der Waals surface area (Å²) in [5.74, 6) is -2.10. The number of carbonyl (C=O) groups is 3. The fraction of sp³-hybridized carbons (Fsp3) is 0.261. The number of hydrogen-bond acceptors (Lipinski definition) is 10. The molecule has 1 fully saturated rings. The molecule has 13 nitrogen and oxygen atoms in total. The molecule has 38 heavy (non-hydrogen) atoms. The summed E-state index contributed by atoms with van der Waals surface area (Å²) in [4.78, 5) is 51.5. The van der Waals surface area contributed by atoms with Gasteiger partial charge in [-0.15, -0.1) is 11.8 Å². The molecule has 5 N–H and O–H groups in total. The van der Waals surface area contributed by atoms with E-state index in [1.807, 2.05) is 47.6 Å². The lowest BCUT2D eigenvalue weighted by Gasteiger charge is -2.49. The molecule has 3 aromatic heterocycles. The molecule has 15 heteroatoms. The molecule has 0 spiro atoms. The maximum Gasteiger partial charge on any atom is 0.352 e. The Hall–Kier alpha value is -4.24. The zero-order valence-electron chi connectivity index (χ0n) is 20.0. The normalized spacial score (nSPS) is 19.1. The van der Waals surface area contributed by atoms with Crippen molar-refractivity contribution in [2.75, 3.05) is 18.1 Å². The third-order valence-electron chi connectivity index (χ3n) is 5.89. The highest BCUT2D eigenvalue weighted by Crippen LogP contribution is 2.40. The lowest BCUT2D eigenvalue weighted by Crippen LogP contribution is -2.71. The van der Waals surface area contributed by atoms with E-state index >= 15 is 0 Å². The van der Waals surface area contributed by atoms with E-state index in [0.717, 1.165) is 22.7 Å². The molecule has 2 amide bonds. The molecule has 2 aliphatic heterocycles. The van der Waals surface area contributed by atoms with Crippen molar-refractivity contribution in [3.63, 3.8) is 0 Å². The Labute approximate surface area is 224 Å². The molecule has 5 rings (SSSR count). The van der Waals surface area contributed by atoms with Gasteiger partial charge in [0.15, 0.2) is 24.1 Å². The van der Waals surface area contributed by atoms with Crippen LogP contribution >= 0.6 is 23.3 Å². The second-order valence-electron chi connectivity index (χ2n) is 8.29. The Kier molecular flexibility index (Phi) is 7.11. The lowest BCUT2D eigenvalue weighted by molar-refractivity contribution is -0.689. The molecule has 196 valence electrons. The number of aromatic amines is 1. The highest BCUT2D eigenvalue weighted by Gasteiger charge is 2.54. The Balaban J connectivity index is 1.32. The van der Waals surface area contributed by atoms with E-state index < -0.39 is 29.2 Å². The van der Waals surface area contributed by atoms with Crippen LogP contribution < -0.4 is 15.6 Å². The average molecular weight is 556 g/mol. The number of carboxylic acid groups (broad SMARTS) is 1. The summed E-state index contributed by atoms with van der Waals surface area (Å²) in [5, 5.41) is 15.9. The monoisotopic (exact) mass is 555 g/mol. The van der Waals surface area contributed by atoms with Crippen molar-refractivity contribution in [1.82, 2.24) is 24.6 Å². The highest BCUT2D eigenvalue weighted by atomic mass is 32.2. The highest BCUT2D eigenvalue weighted by molar-refractivity contribution is 8.00. The van der Waals surface area contributed by atoms with Crippen LogP contribution in [-0.4, -0.2) is 71.6 Å². The largest absolute Gasteiger partial charge is 0.477 e. The predicted molar refractivity (Wildman–Crippen MR) is 139 cm³/mol. The third kappa shape index (κ3) is 4.84. The first-order valence-electron chi connectivity index (χ1n) is 11.5. The SMILES string of the molecule is CCO/N=C(\C(=O)N[C@@H]1C(=O)N2C(C(=O)O)=C(C[n+]3ccc(-c4cc[nH]c4)cc3)CS[C@H]12)c1nsc(N)n1. The van der Waals surface area contributed by atoms with Crippen LogP contribution in [0.3, 0.4) is 0 Å². The number of nitrogen functional groups attached to an aromatic ring is 1. The predicted octanol–water partition coefficient (Wildman–Crippen LogP) is 0.582. The topological polar surface area (TPSA) is 180 Å². The number of nitrogens with zero attached hydrogens (tertiary/aromatic N) is 5. The molecule has 3 aromatic rings. The number of fused-ring (bicyclic) bond motifs is 1. The van der Waals surface area contributed by atoms with Crippen LogP contribution in [0.25, 0.3) is 11.1 Å². The number of pyridine rings is 1. The number of hydrogen-bond donors (Lipinski definition) is 4. The molecule has 0 saturated carbocycles. The minimum atomic E-state index is -1.20. The van der Waals surface area contributed by atoms with Crippen molar-refractivity contribution < 1.29 is 28.9 Å². The number of rotatable bonds is 9. The summed E-state index contributed by atoms with van der Waals surface area (Å²) in [7, 11) is 0. The number of oxime groups is 1. The summed E-state index contributed by atoms with van der Waals surface area (Å²) in [6.45, 7) is 2.20. The van der Waals surface area contributed by atoms with Gasteiger partial charge in [-0.05, 0) is 24.1 Å². The van der Waals surface area contributed by atoms with Gasteiger partial charge in [-0.1, -0.05) is 5.16 Å². The number of nitrogens with two attached hydrogens (primary N) is 1. The van der Waals surface area contributed by atoms with Crippen LogP contribution in [0.15, 0.2) is 59.4 Å². The minimum absolute atomic E-state index is 0.0219. The second kappa shape index (κ2) is 10.6. The number of aliphatic carboxylic acids is 1. The molecule has 2 aliphatic rings. The molecule has 0 radical (unpaired) electrons. The number of aromatic nitrogens is 4. The van der Waals surface area contributed by atoms with Gasteiger partial charge >= 0.3 is 5.97 Å². The van der Waals surface area contributed by atoms with Gasteiger partial charge in [0.05, 0.1) is 0 Å². The van der Waals surface area contributed by atoms with E-state index in [-0.39, 0.29) is 29.0 Å². The molecule has 1 saturated heterocycles. The molecule has 0 unspecified atom stereocenters. The Morgan fingerprint density at radius 3 is 2.76 bits per heavy atom. The number of nitrogens with one attached hydrogen (secondary N) is 2. The third-order valence-corrected chi connectivity index (χ3v) is 7.77. The van der Waals surface area contributed by atoms with E-state index in [2.05, 4.69) is 24.8 Å². The maximum absolute atomic E-state index is 13.1. The van der Waals surface area contributed by atoms with E-state index in [4.69, 9.17) is 10.6 Å². The first-order chi connectivity index (χ1) is 18.4. The lowest BCUT2D eigenvalue weighted by atomic mass is 10.0. The number of anilines is 1. The van der Waals surface area contributed by atoms with Crippen molar-refractivity contribution in [2.45, 2.75) is 24.9 Å². The standard InChI is InChI=1S/C23H22N8O5S2/c1-2-36-28-15(18-27-23(24)38-29-18)19(32)26-16-20(33)31-17(22(34)35)14(11-37-21(16)31)10-30-7-4-12(5-8-30)13-3-6-25-9-13/h3-9,16,21H,2,10-11H2,1H3,(H4,24,26,27,29,32,34,35)/p+1/b28-15-/t16-,21-/m1/s1. The van der Waals surface area contributed by atoms with Crippen LogP contribution in [0.1, 0.15) is 12.7 Å². The summed E-state index contributed by atoms with van der Waals surface area (Å²) in [6.07, 6.45) is 7.46. The number of amides is 2. The second-order valence-corrected chi connectivity index (χ2v) is 10.2. The summed E-state index contributed by atoms with van der Waals surface area (Å²) < 4.78 is 5.85. The van der Waals surface area contributed by atoms with Gasteiger partial charge in [-0.25, -0.2) is 9.36 Å². The Morgan fingerprint density at radius 2 is 2.13 bits per heavy atom. The van der Waals surface area contributed by atoms with Crippen molar-refractivity contribution in [2.24, 2.45) is 5.16 Å². The molecule has 0 aromatic carbocycles. The van der Waals surface area contributed by atoms with Crippen LogP contribution in [0.4, 0.5) is 5.13 Å². The number of thioether (sulfide) groups is 1. The van der Waals surface area contributed by atoms with Crippen LogP contribution in [0.2, 0.25) is 0 Å². The smallest absolute Gasteiger partial charge is 0.352 e. The zero-order chi connectivity index (χ0) is 26.8. The van der Waals surface area contributed by atoms with Crippen LogP contribution in [0.5, 0.6) is 0 Å². The first kappa shape index (κ1) is 25.4. The summed E-state index contributed by atoms with van der Waals surface area (Å²) in [6, 6.07) is 4.90. The van der Waals surface area contributed by atoms with E-state index in [0.29, 0.717) is 17.9 Å². The van der Waals surface area contributed by atoms with Crippen molar-refractivity contribution in [1.29, 1.82) is 0 Å². The van der Waals surface area contributed by atoms with Gasteiger partial charge in [0, 0.05) is 47.4 Å². The number of carbonyl (C=O) groups excluding carboxylic acids is 2. The zero-order valence-corrected chi connectivity index (χ0v) is 21.7. The molecular weight excluding hydrogens is 532 g/mol. The fourth-order valence-corrected chi connectivity index (χ4v) is 5.91. The number of β-lactam (4-membered cyclic amide) rings is 1. The van der Waals surface area contributed by atoms with Crippen molar-refractivity contribution >= 4 is 51.9 Å². The van der Waals surface area contributed by atoms with E-state index in [1.165, 1.54) is 16.7 Å². The van der Waals surface area contributed by atoms with Crippen LogP contribution in [-0.2, 0) is 25.8 Å². The molecule has 0 aliphatic carbocycles. The minimum Gasteiger partial charge on any atom is -0.477 e.